The molecule has 0 spiro atoms. The smallest absolute Gasteiger partial charge is 0.404 e. The molecule has 0 aliphatic carbocycles. The van der Waals surface area contributed by atoms with Crippen LogP contribution in [0.5, 0.6) is 0 Å². The van der Waals surface area contributed by atoms with E-state index in [9.17, 15) is 4.79 Å². The highest BCUT2D eigenvalue weighted by Crippen LogP contribution is 2.19. The van der Waals surface area contributed by atoms with Crippen molar-refractivity contribution < 1.29 is 19.0 Å². The maximum atomic E-state index is 10.3. The number of ether oxygens (including phenoxy) is 3. The Balaban J connectivity index is 2.21. The minimum atomic E-state index is -0.761. The van der Waals surface area contributed by atoms with Crippen LogP contribution in [0.4, 0.5) is 4.79 Å². The quantitative estimate of drug-likeness (QED) is 0.706. The van der Waals surface area contributed by atoms with Gasteiger partial charge in [-0.15, -0.1) is 0 Å². The first kappa shape index (κ1) is 10.3. The molecule has 1 amide bonds. The maximum absolute atomic E-state index is 10.3. The van der Waals surface area contributed by atoms with E-state index in [2.05, 4.69) is 4.74 Å². The van der Waals surface area contributed by atoms with Crippen LogP contribution in [-0.2, 0) is 14.2 Å². The summed E-state index contributed by atoms with van der Waals surface area (Å²) in [6.45, 7) is 0.217. The standard InChI is InChI=1S/C8H15NO4/c1-11-7-4-2-3-6(13-7)5-12-8(9)10/h6-7H,2-5H2,1H3,(H2,9,10). The van der Waals surface area contributed by atoms with Gasteiger partial charge < -0.3 is 19.9 Å². The van der Waals surface area contributed by atoms with Gasteiger partial charge in [0.25, 0.3) is 0 Å². The lowest BCUT2D eigenvalue weighted by atomic mass is 10.1. The van der Waals surface area contributed by atoms with E-state index in [0.717, 1.165) is 19.3 Å². The summed E-state index contributed by atoms with van der Waals surface area (Å²) >= 11 is 0. The number of rotatable bonds is 3. The molecular formula is C8H15NO4. The summed E-state index contributed by atoms with van der Waals surface area (Å²) < 4.78 is 15.1. The zero-order valence-corrected chi connectivity index (χ0v) is 7.69. The van der Waals surface area contributed by atoms with Crippen LogP contribution in [0.25, 0.3) is 0 Å². The summed E-state index contributed by atoms with van der Waals surface area (Å²) in [5.74, 6) is 0. The highest BCUT2D eigenvalue weighted by molar-refractivity contribution is 5.64. The molecule has 2 atom stereocenters. The average molecular weight is 189 g/mol. The summed E-state index contributed by atoms with van der Waals surface area (Å²) in [5.41, 5.74) is 4.83. The third kappa shape index (κ3) is 3.61. The molecule has 1 heterocycles. The maximum Gasteiger partial charge on any atom is 0.404 e. The third-order valence-electron chi connectivity index (χ3n) is 1.98. The van der Waals surface area contributed by atoms with Crippen molar-refractivity contribution in [2.24, 2.45) is 5.73 Å². The number of primary amides is 1. The number of hydrogen-bond donors (Lipinski definition) is 1. The van der Waals surface area contributed by atoms with Crippen molar-refractivity contribution in [2.75, 3.05) is 13.7 Å². The first-order valence-electron chi connectivity index (χ1n) is 4.33. The minimum absolute atomic E-state index is 0.0776. The summed E-state index contributed by atoms with van der Waals surface area (Å²) in [6.07, 6.45) is 1.78. The fourth-order valence-corrected chi connectivity index (χ4v) is 1.33. The van der Waals surface area contributed by atoms with Crippen molar-refractivity contribution in [1.82, 2.24) is 0 Å². The molecule has 1 rings (SSSR count). The van der Waals surface area contributed by atoms with E-state index in [4.69, 9.17) is 15.2 Å². The molecule has 1 fully saturated rings. The van der Waals surface area contributed by atoms with Crippen molar-refractivity contribution in [3.8, 4) is 0 Å². The van der Waals surface area contributed by atoms with Gasteiger partial charge in [0.1, 0.15) is 6.61 Å². The van der Waals surface area contributed by atoms with E-state index in [0.29, 0.717) is 0 Å². The first-order valence-corrected chi connectivity index (χ1v) is 4.33. The van der Waals surface area contributed by atoms with Crippen LogP contribution < -0.4 is 5.73 Å². The number of carbonyl (C=O) groups excluding carboxylic acids is 1. The molecule has 76 valence electrons. The van der Waals surface area contributed by atoms with Gasteiger partial charge in [0.15, 0.2) is 6.29 Å². The molecule has 0 bridgehead atoms. The molecule has 0 radical (unpaired) electrons. The van der Waals surface area contributed by atoms with Gasteiger partial charge in [0.2, 0.25) is 0 Å². The largest absolute Gasteiger partial charge is 0.447 e. The van der Waals surface area contributed by atoms with Crippen LogP contribution in [0, 0.1) is 0 Å². The summed E-state index contributed by atoms with van der Waals surface area (Å²) in [6, 6.07) is 0. The molecule has 1 aliphatic heterocycles. The molecular weight excluding hydrogens is 174 g/mol. The van der Waals surface area contributed by atoms with Gasteiger partial charge in [0.05, 0.1) is 6.10 Å². The first-order chi connectivity index (χ1) is 6.22. The normalized spacial score (nSPS) is 28.4. The summed E-state index contributed by atoms with van der Waals surface area (Å²) in [7, 11) is 1.60. The van der Waals surface area contributed by atoms with Crippen LogP contribution >= 0.6 is 0 Å². The fourth-order valence-electron chi connectivity index (χ4n) is 1.33. The Morgan fingerprint density at radius 1 is 1.62 bits per heavy atom. The van der Waals surface area contributed by atoms with E-state index < -0.39 is 6.09 Å². The molecule has 0 aromatic heterocycles. The van der Waals surface area contributed by atoms with E-state index in [-0.39, 0.29) is 19.0 Å². The Kier molecular flexibility index (Phi) is 3.98. The Morgan fingerprint density at radius 2 is 2.38 bits per heavy atom. The second kappa shape index (κ2) is 5.04. The second-order valence-electron chi connectivity index (χ2n) is 2.98. The van der Waals surface area contributed by atoms with E-state index >= 15 is 0 Å². The number of amides is 1. The van der Waals surface area contributed by atoms with Crippen molar-refractivity contribution in [2.45, 2.75) is 31.7 Å². The number of hydrogen-bond acceptors (Lipinski definition) is 4. The molecule has 1 aliphatic rings. The zero-order valence-electron chi connectivity index (χ0n) is 7.69. The van der Waals surface area contributed by atoms with Crippen molar-refractivity contribution >= 4 is 6.09 Å². The average Bonchev–Trinajstić information content (AvgIpc) is 2.15. The lowest BCUT2D eigenvalue weighted by molar-refractivity contribution is -0.187. The Bertz CT molecular complexity index is 174. The van der Waals surface area contributed by atoms with E-state index in [1.807, 2.05) is 0 Å². The molecule has 0 aromatic rings. The molecule has 1 saturated heterocycles. The predicted octanol–water partition coefficient (Wildman–Crippen LogP) is 0.623. The van der Waals surface area contributed by atoms with Crippen LogP contribution in [-0.4, -0.2) is 32.2 Å². The molecule has 2 unspecified atom stereocenters. The van der Waals surface area contributed by atoms with E-state index in [1.165, 1.54) is 0 Å². The zero-order chi connectivity index (χ0) is 9.68. The predicted molar refractivity (Wildman–Crippen MR) is 45.1 cm³/mol. The van der Waals surface area contributed by atoms with Gasteiger partial charge in [-0.2, -0.15) is 0 Å². The van der Waals surface area contributed by atoms with E-state index in [1.54, 1.807) is 7.11 Å². The van der Waals surface area contributed by atoms with Gasteiger partial charge in [-0.1, -0.05) is 0 Å². The number of carbonyl (C=O) groups is 1. The molecule has 0 aromatic carbocycles. The fraction of sp³-hybridized carbons (Fsp3) is 0.875. The number of methoxy groups -OCH3 is 1. The highest BCUT2D eigenvalue weighted by atomic mass is 16.7. The van der Waals surface area contributed by atoms with Crippen molar-refractivity contribution in [1.29, 1.82) is 0 Å². The van der Waals surface area contributed by atoms with Crippen molar-refractivity contribution in [3.63, 3.8) is 0 Å². The van der Waals surface area contributed by atoms with Gasteiger partial charge in [-0.05, 0) is 19.3 Å². The van der Waals surface area contributed by atoms with Gasteiger partial charge in [0, 0.05) is 7.11 Å². The van der Waals surface area contributed by atoms with Crippen LogP contribution in [0.3, 0.4) is 0 Å². The molecule has 13 heavy (non-hydrogen) atoms. The Hall–Kier alpha value is -0.810. The molecule has 0 saturated carbocycles. The third-order valence-corrected chi connectivity index (χ3v) is 1.98. The van der Waals surface area contributed by atoms with Gasteiger partial charge in [-0.25, -0.2) is 4.79 Å². The SMILES string of the molecule is COC1CCCC(COC(N)=O)O1. The highest BCUT2D eigenvalue weighted by Gasteiger charge is 2.22. The van der Waals surface area contributed by atoms with Gasteiger partial charge in [-0.3, -0.25) is 0 Å². The lowest BCUT2D eigenvalue weighted by Gasteiger charge is -2.28. The second-order valence-corrected chi connectivity index (χ2v) is 2.98. The van der Waals surface area contributed by atoms with Crippen LogP contribution in [0.2, 0.25) is 0 Å². The Morgan fingerprint density at radius 3 is 3.00 bits per heavy atom. The molecule has 2 N–H and O–H groups in total. The summed E-state index contributed by atoms with van der Waals surface area (Å²) in [4.78, 5) is 10.3. The van der Waals surface area contributed by atoms with Crippen LogP contribution in [0.15, 0.2) is 0 Å². The Labute approximate surface area is 77.1 Å². The summed E-state index contributed by atoms with van der Waals surface area (Å²) in [5, 5.41) is 0. The molecule has 5 nitrogen and oxygen atoms in total. The van der Waals surface area contributed by atoms with Crippen molar-refractivity contribution in [3.05, 3.63) is 0 Å². The lowest BCUT2D eigenvalue weighted by Crippen LogP contribution is -2.33. The topological polar surface area (TPSA) is 70.8 Å². The molecule has 5 heteroatoms. The van der Waals surface area contributed by atoms with Crippen LogP contribution in [0.1, 0.15) is 19.3 Å². The minimum Gasteiger partial charge on any atom is -0.447 e. The number of nitrogens with two attached hydrogens (primary N) is 1. The monoisotopic (exact) mass is 189 g/mol. The van der Waals surface area contributed by atoms with Gasteiger partial charge >= 0.3 is 6.09 Å².